The Balaban J connectivity index is 1.84. The Kier molecular flexibility index (Phi) is 2.66. The van der Waals surface area contributed by atoms with E-state index in [1.807, 2.05) is 12.2 Å². The minimum absolute atomic E-state index is 0.0161. The van der Waals surface area contributed by atoms with Crippen molar-refractivity contribution in [3.8, 4) is 0 Å². The van der Waals surface area contributed by atoms with E-state index in [1.54, 1.807) is 0 Å². The number of fused-ring (bicyclic) bond motifs is 1. The molecule has 4 aliphatic rings. The predicted molar refractivity (Wildman–Crippen MR) is 62.4 cm³/mol. The lowest BCUT2D eigenvalue weighted by Crippen LogP contribution is -2.50. The van der Waals surface area contributed by atoms with Gasteiger partial charge in [0.15, 0.2) is 0 Å². The summed E-state index contributed by atoms with van der Waals surface area (Å²) in [5.41, 5.74) is 0. The normalized spacial score (nSPS) is 43.4. The summed E-state index contributed by atoms with van der Waals surface area (Å²) in [4.78, 5) is 23.5. The smallest absolute Gasteiger partial charge is 0.307 e. The molecule has 1 amide bonds. The minimum Gasteiger partial charge on any atom is -0.481 e. The zero-order valence-electron chi connectivity index (χ0n) is 9.95. The van der Waals surface area contributed by atoms with Crippen LogP contribution in [0.3, 0.4) is 0 Å². The van der Waals surface area contributed by atoms with Crippen molar-refractivity contribution in [1.29, 1.82) is 0 Å². The molecule has 0 aromatic heterocycles. The Hall–Kier alpha value is -1.36. The fourth-order valence-electron chi connectivity index (χ4n) is 3.87. The van der Waals surface area contributed by atoms with E-state index >= 15 is 0 Å². The molecule has 4 aliphatic carbocycles. The SMILES string of the molecule is O=C(O)C1C2C=CC(C3CC23)C1C(=O)NCCO. The van der Waals surface area contributed by atoms with Gasteiger partial charge in [0, 0.05) is 6.54 Å². The van der Waals surface area contributed by atoms with E-state index < -0.39 is 17.8 Å². The number of hydrogen-bond donors (Lipinski definition) is 3. The summed E-state index contributed by atoms with van der Waals surface area (Å²) in [6.07, 6.45) is 5.07. The third-order valence-electron chi connectivity index (χ3n) is 4.65. The second-order valence-electron chi connectivity index (χ2n) is 5.51. The molecule has 2 fully saturated rings. The fourth-order valence-corrected chi connectivity index (χ4v) is 3.87. The van der Waals surface area contributed by atoms with Crippen molar-refractivity contribution in [2.45, 2.75) is 6.42 Å². The summed E-state index contributed by atoms with van der Waals surface area (Å²) in [6, 6.07) is 0. The van der Waals surface area contributed by atoms with Crippen molar-refractivity contribution in [3.05, 3.63) is 12.2 Å². The quantitative estimate of drug-likeness (QED) is 0.607. The third-order valence-corrected chi connectivity index (χ3v) is 4.65. The van der Waals surface area contributed by atoms with Crippen LogP contribution >= 0.6 is 0 Å². The first-order valence-electron chi connectivity index (χ1n) is 6.45. The number of carbonyl (C=O) groups excluding carboxylic acids is 1. The molecule has 0 aromatic carbocycles. The molecule has 18 heavy (non-hydrogen) atoms. The average molecular weight is 251 g/mol. The number of carboxylic acids is 1. The maximum absolute atomic E-state index is 12.1. The molecule has 98 valence electrons. The monoisotopic (exact) mass is 251 g/mol. The first kappa shape index (κ1) is 11.7. The molecule has 6 unspecified atom stereocenters. The topological polar surface area (TPSA) is 86.6 Å². The van der Waals surface area contributed by atoms with Crippen LogP contribution in [0.25, 0.3) is 0 Å². The molecule has 2 bridgehead atoms. The van der Waals surface area contributed by atoms with Crippen LogP contribution in [0.15, 0.2) is 12.2 Å². The van der Waals surface area contributed by atoms with Gasteiger partial charge < -0.3 is 15.5 Å². The molecule has 4 rings (SSSR count). The molecule has 3 N–H and O–H groups in total. The Morgan fingerprint density at radius 3 is 2.33 bits per heavy atom. The Morgan fingerprint density at radius 2 is 1.78 bits per heavy atom. The molecule has 5 nitrogen and oxygen atoms in total. The summed E-state index contributed by atoms with van der Waals surface area (Å²) in [7, 11) is 0. The van der Waals surface area contributed by atoms with Gasteiger partial charge in [-0.15, -0.1) is 0 Å². The van der Waals surface area contributed by atoms with Crippen molar-refractivity contribution in [3.63, 3.8) is 0 Å². The Morgan fingerprint density at radius 1 is 1.17 bits per heavy atom. The van der Waals surface area contributed by atoms with Crippen molar-refractivity contribution in [1.82, 2.24) is 5.32 Å². The number of carbonyl (C=O) groups is 2. The summed E-state index contributed by atoms with van der Waals surface area (Å²) < 4.78 is 0. The van der Waals surface area contributed by atoms with Gasteiger partial charge in [0.05, 0.1) is 18.4 Å². The van der Waals surface area contributed by atoms with Crippen LogP contribution in [-0.2, 0) is 9.59 Å². The molecule has 0 saturated heterocycles. The third kappa shape index (κ3) is 1.57. The number of amides is 1. The van der Waals surface area contributed by atoms with Gasteiger partial charge >= 0.3 is 5.97 Å². The van der Waals surface area contributed by atoms with Crippen LogP contribution in [0.4, 0.5) is 0 Å². The fraction of sp³-hybridized carbons (Fsp3) is 0.692. The van der Waals surface area contributed by atoms with Crippen LogP contribution in [0.2, 0.25) is 0 Å². The number of aliphatic hydroxyl groups is 1. The van der Waals surface area contributed by atoms with Crippen molar-refractivity contribution >= 4 is 11.9 Å². The van der Waals surface area contributed by atoms with Gasteiger partial charge in [-0.2, -0.15) is 0 Å². The number of allylic oxidation sites excluding steroid dienone is 2. The summed E-state index contributed by atoms with van der Waals surface area (Å²) >= 11 is 0. The van der Waals surface area contributed by atoms with Crippen LogP contribution in [0, 0.1) is 35.5 Å². The lowest BCUT2D eigenvalue weighted by Gasteiger charge is -2.41. The van der Waals surface area contributed by atoms with Gasteiger partial charge in [-0.05, 0) is 30.1 Å². The molecular weight excluding hydrogens is 234 g/mol. The minimum atomic E-state index is -0.871. The predicted octanol–water partition coefficient (Wildman–Crippen LogP) is -0.136. The largest absolute Gasteiger partial charge is 0.481 e. The maximum atomic E-state index is 12.1. The molecule has 5 heteroatoms. The standard InChI is InChI=1S/C13H17NO4/c15-4-3-14-12(16)10-6-1-2-7(9-5-8(6)9)11(10)13(17)18/h1-2,6-11,15H,3-5H2,(H,14,16)(H,17,18). The summed E-state index contributed by atoms with van der Waals surface area (Å²) in [5.74, 6) is -1.09. The number of nitrogens with one attached hydrogen (secondary N) is 1. The highest BCUT2D eigenvalue weighted by Gasteiger charge is 2.62. The van der Waals surface area contributed by atoms with Crippen LogP contribution in [0.1, 0.15) is 6.42 Å². The van der Waals surface area contributed by atoms with Gasteiger partial charge in [-0.1, -0.05) is 12.2 Å². The number of carboxylic acid groups (broad SMARTS) is 1. The van der Waals surface area contributed by atoms with Gasteiger partial charge in [0.2, 0.25) is 5.91 Å². The van der Waals surface area contributed by atoms with Crippen molar-refractivity contribution in [2.24, 2.45) is 35.5 Å². The highest BCUT2D eigenvalue weighted by atomic mass is 16.4. The Bertz CT molecular complexity index is 419. The van der Waals surface area contributed by atoms with Crippen LogP contribution in [-0.4, -0.2) is 35.2 Å². The van der Waals surface area contributed by atoms with Gasteiger partial charge in [0.1, 0.15) is 0 Å². The highest BCUT2D eigenvalue weighted by Crippen LogP contribution is 2.63. The zero-order chi connectivity index (χ0) is 12.9. The van der Waals surface area contributed by atoms with Crippen molar-refractivity contribution < 1.29 is 19.8 Å². The number of aliphatic hydroxyl groups excluding tert-OH is 1. The van der Waals surface area contributed by atoms with E-state index in [0.717, 1.165) is 6.42 Å². The maximum Gasteiger partial charge on any atom is 0.307 e. The van der Waals surface area contributed by atoms with Gasteiger partial charge in [0.25, 0.3) is 0 Å². The molecule has 2 saturated carbocycles. The Labute approximate surface area is 105 Å². The molecule has 0 aliphatic heterocycles. The lowest BCUT2D eigenvalue weighted by atomic mass is 9.62. The first-order chi connectivity index (χ1) is 8.65. The van der Waals surface area contributed by atoms with E-state index in [2.05, 4.69) is 5.32 Å². The second kappa shape index (κ2) is 4.09. The molecule has 6 atom stereocenters. The van der Waals surface area contributed by atoms with E-state index in [1.165, 1.54) is 0 Å². The first-order valence-corrected chi connectivity index (χ1v) is 6.45. The van der Waals surface area contributed by atoms with E-state index in [4.69, 9.17) is 5.11 Å². The lowest BCUT2D eigenvalue weighted by molar-refractivity contribution is -0.153. The van der Waals surface area contributed by atoms with E-state index in [-0.39, 0.29) is 30.9 Å². The molecule has 0 radical (unpaired) electrons. The van der Waals surface area contributed by atoms with Gasteiger partial charge in [-0.3, -0.25) is 9.59 Å². The van der Waals surface area contributed by atoms with E-state index in [0.29, 0.717) is 11.8 Å². The number of rotatable bonds is 4. The zero-order valence-corrected chi connectivity index (χ0v) is 9.95. The average Bonchev–Trinajstić information content (AvgIpc) is 3.16. The molecular formula is C13H17NO4. The van der Waals surface area contributed by atoms with E-state index in [9.17, 15) is 14.7 Å². The number of hydrogen-bond acceptors (Lipinski definition) is 3. The second-order valence-corrected chi connectivity index (χ2v) is 5.51. The van der Waals surface area contributed by atoms with Crippen molar-refractivity contribution in [2.75, 3.05) is 13.2 Å². The van der Waals surface area contributed by atoms with Crippen LogP contribution < -0.4 is 5.32 Å². The van der Waals surface area contributed by atoms with Gasteiger partial charge in [-0.25, -0.2) is 0 Å². The molecule has 0 aromatic rings. The highest BCUT2D eigenvalue weighted by molar-refractivity contribution is 5.86. The molecule has 0 heterocycles. The molecule has 0 spiro atoms. The summed E-state index contributed by atoms with van der Waals surface area (Å²) in [6.45, 7) is 0.0725. The van der Waals surface area contributed by atoms with Crippen LogP contribution in [0.5, 0.6) is 0 Å². The number of aliphatic carboxylic acids is 1. The summed E-state index contributed by atoms with van der Waals surface area (Å²) in [5, 5.41) is 20.7.